The number of hydrogen-bond donors (Lipinski definition) is 2. The van der Waals surface area contributed by atoms with E-state index >= 15 is 0 Å². The van der Waals surface area contributed by atoms with Crippen LogP contribution in [-0.4, -0.2) is 18.2 Å². The van der Waals surface area contributed by atoms with Crippen LogP contribution in [0.5, 0.6) is 5.75 Å². The van der Waals surface area contributed by atoms with Crippen LogP contribution in [0.2, 0.25) is 0 Å². The smallest absolute Gasteiger partial charge is 0.262 e. The van der Waals surface area contributed by atoms with Crippen molar-refractivity contribution in [3.8, 4) is 5.75 Å². The van der Waals surface area contributed by atoms with E-state index in [1.807, 2.05) is 79.7 Å². The maximum atomic E-state index is 12.4. The molecule has 0 aliphatic heterocycles. The molecule has 0 saturated carbocycles. The molecule has 0 fully saturated rings. The molecule has 3 aromatic carbocycles. The normalized spacial score (nSPS) is 11.8. The van der Waals surface area contributed by atoms with E-state index in [1.54, 1.807) is 13.1 Å². The fourth-order valence-electron chi connectivity index (χ4n) is 2.80. The minimum absolute atomic E-state index is 0.220. The molecule has 0 aromatic heterocycles. The predicted molar refractivity (Wildman–Crippen MR) is 125 cm³/mol. The summed E-state index contributed by atoms with van der Waals surface area (Å²) < 4.78 is 6.95. The van der Waals surface area contributed by atoms with Crippen molar-refractivity contribution in [2.24, 2.45) is 5.10 Å². The van der Waals surface area contributed by atoms with Crippen molar-refractivity contribution in [1.82, 2.24) is 5.43 Å². The van der Waals surface area contributed by atoms with Gasteiger partial charge in [-0.05, 0) is 55.3 Å². The van der Waals surface area contributed by atoms with E-state index in [0.717, 1.165) is 26.9 Å². The second kappa shape index (κ2) is 10.6. The largest absolute Gasteiger partial charge is 0.488 e. The third-order valence-electron chi connectivity index (χ3n) is 4.49. The molecule has 0 spiro atoms. The van der Waals surface area contributed by atoms with Gasteiger partial charge in [0.15, 0.2) is 0 Å². The van der Waals surface area contributed by atoms with Gasteiger partial charge in [-0.2, -0.15) is 5.10 Å². The molecular weight excluding hydrogens is 442 g/mol. The van der Waals surface area contributed by atoms with Crippen LogP contribution < -0.4 is 15.5 Å². The van der Waals surface area contributed by atoms with Crippen molar-refractivity contribution < 1.29 is 9.53 Å². The first kappa shape index (κ1) is 21.6. The summed E-state index contributed by atoms with van der Waals surface area (Å²) in [7, 11) is 0. The summed E-state index contributed by atoms with van der Waals surface area (Å²) in [5, 5.41) is 7.30. The van der Waals surface area contributed by atoms with Gasteiger partial charge in [0.2, 0.25) is 0 Å². The molecule has 30 heavy (non-hydrogen) atoms. The number of hydrogen-bond acceptors (Lipinski definition) is 4. The molecule has 3 aromatic rings. The number of ether oxygens (including phenoxy) is 1. The number of hydrazone groups is 1. The lowest BCUT2D eigenvalue weighted by atomic mass is 10.2. The maximum absolute atomic E-state index is 12.4. The summed E-state index contributed by atoms with van der Waals surface area (Å²) in [4.78, 5) is 12.4. The third kappa shape index (κ3) is 6.19. The highest BCUT2D eigenvalue weighted by molar-refractivity contribution is 9.10. The van der Waals surface area contributed by atoms with Crippen LogP contribution in [0.25, 0.3) is 0 Å². The highest BCUT2D eigenvalue weighted by Gasteiger charge is 2.12. The molecule has 6 heteroatoms. The number of carbonyl (C=O) groups excluding carboxylic acids is 1. The van der Waals surface area contributed by atoms with E-state index in [2.05, 4.69) is 31.8 Å². The lowest BCUT2D eigenvalue weighted by molar-refractivity contribution is -0.121. The Bertz CT molecular complexity index is 1040. The van der Waals surface area contributed by atoms with Gasteiger partial charge in [-0.3, -0.25) is 4.79 Å². The Morgan fingerprint density at radius 3 is 2.67 bits per heavy atom. The Kier molecular flexibility index (Phi) is 7.63. The second-order valence-electron chi connectivity index (χ2n) is 6.87. The van der Waals surface area contributed by atoms with Gasteiger partial charge < -0.3 is 10.1 Å². The van der Waals surface area contributed by atoms with Crippen molar-refractivity contribution in [2.75, 3.05) is 5.32 Å². The first-order chi connectivity index (χ1) is 14.5. The van der Waals surface area contributed by atoms with Gasteiger partial charge in [0, 0.05) is 15.7 Å². The van der Waals surface area contributed by atoms with Gasteiger partial charge in [-0.15, -0.1) is 0 Å². The van der Waals surface area contributed by atoms with Gasteiger partial charge in [0.05, 0.1) is 6.21 Å². The second-order valence-corrected chi connectivity index (χ2v) is 7.79. The van der Waals surface area contributed by atoms with Crippen LogP contribution in [0.1, 0.15) is 23.6 Å². The Morgan fingerprint density at radius 1 is 1.10 bits per heavy atom. The third-order valence-corrected chi connectivity index (χ3v) is 4.98. The van der Waals surface area contributed by atoms with E-state index in [1.165, 1.54) is 0 Å². The zero-order valence-corrected chi connectivity index (χ0v) is 18.5. The summed E-state index contributed by atoms with van der Waals surface area (Å²) >= 11 is 3.46. The zero-order valence-electron chi connectivity index (χ0n) is 16.9. The molecule has 0 heterocycles. The van der Waals surface area contributed by atoms with E-state index in [0.29, 0.717) is 12.4 Å². The lowest BCUT2D eigenvalue weighted by Gasteiger charge is -2.15. The lowest BCUT2D eigenvalue weighted by Crippen LogP contribution is -2.35. The molecule has 2 N–H and O–H groups in total. The van der Waals surface area contributed by atoms with Gasteiger partial charge in [0.25, 0.3) is 5.91 Å². The molecule has 1 atom stereocenters. The maximum Gasteiger partial charge on any atom is 0.262 e. The minimum Gasteiger partial charge on any atom is -0.488 e. The minimum atomic E-state index is -0.425. The molecule has 0 aliphatic carbocycles. The molecule has 0 unspecified atom stereocenters. The van der Waals surface area contributed by atoms with Gasteiger partial charge in [0.1, 0.15) is 18.4 Å². The number of benzene rings is 3. The van der Waals surface area contributed by atoms with Crippen molar-refractivity contribution in [3.05, 3.63) is 94.0 Å². The van der Waals surface area contributed by atoms with Crippen LogP contribution in [0, 0.1) is 6.92 Å². The van der Waals surface area contributed by atoms with E-state index in [9.17, 15) is 4.79 Å². The van der Waals surface area contributed by atoms with E-state index < -0.39 is 6.04 Å². The van der Waals surface area contributed by atoms with Gasteiger partial charge in [-0.25, -0.2) is 5.43 Å². The number of nitrogens with zero attached hydrogens (tertiary/aromatic N) is 1. The van der Waals surface area contributed by atoms with Crippen LogP contribution >= 0.6 is 15.9 Å². The molecule has 5 nitrogen and oxygen atoms in total. The summed E-state index contributed by atoms with van der Waals surface area (Å²) in [6.07, 6.45) is 1.59. The average Bonchev–Trinajstić information content (AvgIpc) is 2.74. The van der Waals surface area contributed by atoms with Crippen molar-refractivity contribution in [3.63, 3.8) is 0 Å². The molecule has 0 saturated heterocycles. The molecule has 0 aliphatic rings. The van der Waals surface area contributed by atoms with Crippen molar-refractivity contribution in [1.29, 1.82) is 0 Å². The number of rotatable bonds is 8. The van der Waals surface area contributed by atoms with Crippen LogP contribution in [-0.2, 0) is 11.4 Å². The Labute approximate surface area is 185 Å². The van der Waals surface area contributed by atoms with Gasteiger partial charge >= 0.3 is 0 Å². The zero-order chi connectivity index (χ0) is 21.3. The van der Waals surface area contributed by atoms with Crippen LogP contribution in [0.15, 0.2) is 82.4 Å². The monoisotopic (exact) mass is 465 g/mol. The Morgan fingerprint density at radius 2 is 1.87 bits per heavy atom. The fourth-order valence-corrected chi connectivity index (χ4v) is 3.25. The average molecular weight is 466 g/mol. The molecule has 154 valence electrons. The highest BCUT2D eigenvalue weighted by atomic mass is 79.9. The van der Waals surface area contributed by atoms with Crippen molar-refractivity contribution in [2.45, 2.75) is 26.5 Å². The summed E-state index contributed by atoms with van der Waals surface area (Å²) in [5.41, 5.74) is 6.43. The van der Waals surface area contributed by atoms with Crippen LogP contribution in [0.4, 0.5) is 5.69 Å². The molecule has 3 rings (SSSR count). The predicted octanol–water partition coefficient (Wildman–Crippen LogP) is 5.29. The summed E-state index contributed by atoms with van der Waals surface area (Å²) in [5.74, 6) is 0.476. The number of nitrogens with one attached hydrogen (secondary N) is 2. The van der Waals surface area contributed by atoms with E-state index in [-0.39, 0.29) is 5.91 Å². The highest BCUT2D eigenvalue weighted by Crippen LogP contribution is 2.19. The standard InChI is InChI=1S/C24H24BrN3O2/c1-17-8-3-5-12-22(17)27-18(2)24(29)28-26-15-20-10-4-6-13-23(20)30-16-19-9-7-11-21(25)14-19/h3-15,18,27H,16H2,1-2H3,(H,28,29)/t18-/m0/s1. The Balaban J connectivity index is 1.58. The number of aryl methyl sites for hydroxylation is 1. The topological polar surface area (TPSA) is 62.7 Å². The number of amides is 1. The van der Waals surface area contributed by atoms with Gasteiger partial charge in [-0.1, -0.05) is 58.4 Å². The van der Waals surface area contributed by atoms with Crippen LogP contribution in [0.3, 0.4) is 0 Å². The van der Waals surface area contributed by atoms with E-state index in [4.69, 9.17) is 4.74 Å². The van der Waals surface area contributed by atoms with Crippen molar-refractivity contribution >= 4 is 33.7 Å². The number of anilines is 1. The molecular formula is C24H24BrN3O2. The fraction of sp³-hybridized carbons (Fsp3) is 0.167. The first-order valence-corrected chi connectivity index (χ1v) is 10.4. The SMILES string of the molecule is Cc1ccccc1N[C@@H](C)C(=O)NN=Cc1ccccc1OCc1cccc(Br)c1. The number of para-hydroxylation sites is 2. The molecule has 0 bridgehead atoms. The number of carbonyl (C=O) groups is 1. The summed E-state index contributed by atoms with van der Waals surface area (Å²) in [6.45, 7) is 4.23. The quantitative estimate of drug-likeness (QED) is 0.351. The Hall–Kier alpha value is -3.12. The molecule has 0 radical (unpaired) electrons. The first-order valence-electron chi connectivity index (χ1n) is 9.64. The number of halogens is 1. The molecule has 1 amide bonds. The summed E-state index contributed by atoms with van der Waals surface area (Å²) in [6, 6.07) is 22.9.